The monoisotopic (exact) mass is 303 g/mol. The van der Waals surface area contributed by atoms with Crippen LogP contribution in [-0.4, -0.2) is 47.9 Å². The van der Waals surface area contributed by atoms with Gasteiger partial charge in [-0.2, -0.15) is 0 Å². The van der Waals surface area contributed by atoms with Gasteiger partial charge in [0.25, 0.3) is 0 Å². The Balaban J connectivity index is 1.84. The third-order valence-corrected chi connectivity index (χ3v) is 4.71. The van der Waals surface area contributed by atoms with Crippen LogP contribution in [0.2, 0.25) is 0 Å². The molecule has 1 aromatic carbocycles. The molecule has 2 N–H and O–H groups in total. The maximum absolute atomic E-state index is 12.4. The van der Waals surface area contributed by atoms with Crippen LogP contribution in [0.25, 0.3) is 0 Å². The molecule has 1 amide bonds. The van der Waals surface area contributed by atoms with Crippen LogP contribution in [0.4, 0.5) is 0 Å². The molecule has 0 aromatic heterocycles. The molecule has 1 aromatic rings. The summed E-state index contributed by atoms with van der Waals surface area (Å²) in [4.78, 5) is 16.7. The van der Waals surface area contributed by atoms with Crippen LogP contribution in [0.1, 0.15) is 31.4 Å². The van der Waals surface area contributed by atoms with Gasteiger partial charge in [0.2, 0.25) is 5.91 Å². The number of rotatable bonds is 5. The first-order chi connectivity index (χ1) is 10.5. The molecule has 1 fully saturated rings. The lowest BCUT2D eigenvalue weighted by Crippen LogP contribution is -2.54. The highest BCUT2D eigenvalue weighted by Gasteiger charge is 2.27. The van der Waals surface area contributed by atoms with E-state index in [0.717, 1.165) is 39.1 Å². The number of hydrogen-bond acceptors (Lipinski definition) is 3. The zero-order valence-electron chi connectivity index (χ0n) is 14.1. The normalized spacial score (nSPS) is 19.0. The van der Waals surface area contributed by atoms with Gasteiger partial charge in [-0.3, -0.25) is 9.69 Å². The fraction of sp³-hybridized carbons (Fsp3) is 0.611. The number of benzene rings is 1. The molecule has 2 unspecified atom stereocenters. The van der Waals surface area contributed by atoms with Crippen LogP contribution in [0, 0.1) is 12.8 Å². The Hall–Kier alpha value is -1.39. The SMILES string of the molecule is CCC(C)C(N)C(=O)N1CCN(Cc2cccc(C)c2)CC1. The molecule has 2 atom stereocenters. The maximum atomic E-state index is 12.4. The second-order valence-corrected chi connectivity index (χ2v) is 6.50. The number of carbonyl (C=O) groups is 1. The number of carbonyl (C=O) groups excluding carboxylic acids is 1. The summed E-state index contributed by atoms with van der Waals surface area (Å²) in [5.74, 6) is 0.363. The number of nitrogens with zero attached hydrogens (tertiary/aromatic N) is 2. The number of amides is 1. The minimum absolute atomic E-state index is 0.115. The van der Waals surface area contributed by atoms with Gasteiger partial charge in [0.15, 0.2) is 0 Å². The van der Waals surface area contributed by atoms with Gasteiger partial charge in [-0.15, -0.1) is 0 Å². The summed E-state index contributed by atoms with van der Waals surface area (Å²) >= 11 is 0. The third-order valence-electron chi connectivity index (χ3n) is 4.71. The molecule has 1 saturated heterocycles. The average Bonchev–Trinajstić information content (AvgIpc) is 2.53. The highest BCUT2D eigenvalue weighted by molar-refractivity contribution is 5.82. The topological polar surface area (TPSA) is 49.6 Å². The fourth-order valence-corrected chi connectivity index (χ4v) is 2.90. The largest absolute Gasteiger partial charge is 0.339 e. The highest BCUT2D eigenvalue weighted by Crippen LogP contribution is 2.13. The lowest BCUT2D eigenvalue weighted by Gasteiger charge is -2.36. The summed E-state index contributed by atoms with van der Waals surface area (Å²) < 4.78 is 0. The van der Waals surface area contributed by atoms with E-state index in [1.807, 2.05) is 4.90 Å². The minimum Gasteiger partial charge on any atom is -0.339 e. The lowest BCUT2D eigenvalue weighted by molar-refractivity contribution is -0.135. The number of aryl methyl sites for hydroxylation is 1. The molecule has 0 aliphatic carbocycles. The Labute approximate surface area is 134 Å². The standard InChI is InChI=1S/C18H29N3O/c1-4-15(3)17(19)18(22)21-10-8-20(9-11-21)13-16-7-5-6-14(2)12-16/h5-7,12,15,17H,4,8-11,13,19H2,1-3H3. The van der Waals surface area contributed by atoms with Crippen molar-refractivity contribution in [1.29, 1.82) is 0 Å². The summed E-state index contributed by atoms with van der Waals surface area (Å²) in [5, 5.41) is 0. The van der Waals surface area contributed by atoms with E-state index in [4.69, 9.17) is 5.73 Å². The molecule has 122 valence electrons. The fourth-order valence-electron chi connectivity index (χ4n) is 2.90. The quantitative estimate of drug-likeness (QED) is 0.905. The van der Waals surface area contributed by atoms with Crippen LogP contribution in [-0.2, 0) is 11.3 Å². The summed E-state index contributed by atoms with van der Waals surface area (Å²) in [6.45, 7) is 10.6. The molecule has 1 aliphatic rings. The summed E-state index contributed by atoms with van der Waals surface area (Å²) in [6.07, 6.45) is 0.945. The van der Waals surface area contributed by atoms with Gasteiger partial charge in [-0.05, 0) is 18.4 Å². The molecule has 4 nitrogen and oxygen atoms in total. The molecule has 4 heteroatoms. The minimum atomic E-state index is -0.353. The molecule has 1 heterocycles. The first-order valence-electron chi connectivity index (χ1n) is 8.33. The van der Waals surface area contributed by atoms with E-state index in [1.165, 1.54) is 11.1 Å². The molecular formula is C18H29N3O. The molecule has 2 rings (SSSR count). The zero-order chi connectivity index (χ0) is 16.1. The summed E-state index contributed by atoms with van der Waals surface area (Å²) in [7, 11) is 0. The molecular weight excluding hydrogens is 274 g/mol. The summed E-state index contributed by atoms with van der Waals surface area (Å²) in [6, 6.07) is 8.28. The van der Waals surface area contributed by atoms with E-state index in [0.29, 0.717) is 0 Å². The summed E-state index contributed by atoms with van der Waals surface area (Å²) in [5.41, 5.74) is 8.71. The predicted octanol–water partition coefficient (Wildman–Crippen LogP) is 2.01. The first-order valence-corrected chi connectivity index (χ1v) is 8.33. The Kier molecular flexibility index (Phi) is 5.98. The number of piperazine rings is 1. The number of hydrogen-bond donors (Lipinski definition) is 1. The lowest BCUT2D eigenvalue weighted by atomic mass is 9.98. The highest BCUT2D eigenvalue weighted by atomic mass is 16.2. The van der Waals surface area contributed by atoms with Crippen LogP contribution in [0.5, 0.6) is 0 Å². The molecule has 0 bridgehead atoms. The molecule has 0 spiro atoms. The Morgan fingerprint density at radius 2 is 1.95 bits per heavy atom. The number of nitrogens with two attached hydrogens (primary N) is 1. The van der Waals surface area contributed by atoms with Crippen molar-refractivity contribution in [3.05, 3.63) is 35.4 Å². The van der Waals surface area contributed by atoms with E-state index in [-0.39, 0.29) is 17.9 Å². The van der Waals surface area contributed by atoms with Gasteiger partial charge >= 0.3 is 0 Å². The third kappa shape index (κ3) is 4.31. The predicted molar refractivity (Wildman–Crippen MR) is 90.5 cm³/mol. The van der Waals surface area contributed by atoms with Gasteiger partial charge in [-0.1, -0.05) is 50.1 Å². The smallest absolute Gasteiger partial charge is 0.239 e. The van der Waals surface area contributed by atoms with Crippen molar-refractivity contribution in [2.45, 2.75) is 39.8 Å². The Morgan fingerprint density at radius 1 is 1.27 bits per heavy atom. The van der Waals surface area contributed by atoms with Gasteiger partial charge in [0.05, 0.1) is 6.04 Å². The van der Waals surface area contributed by atoms with Crippen molar-refractivity contribution in [2.75, 3.05) is 26.2 Å². The van der Waals surface area contributed by atoms with Gasteiger partial charge in [0.1, 0.15) is 0 Å². The molecule has 22 heavy (non-hydrogen) atoms. The van der Waals surface area contributed by atoms with Crippen molar-refractivity contribution >= 4 is 5.91 Å². The second-order valence-electron chi connectivity index (χ2n) is 6.50. The van der Waals surface area contributed by atoms with E-state index >= 15 is 0 Å². The van der Waals surface area contributed by atoms with E-state index in [2.05, 4.69) is 49.9 Å². The van der Waals surface area contributed by atoms with Crippen LogP contribution < -0.4 is 5.73 Å². The zero-order valence-corrected chi connectivity index (χ0v) is 14.1. The Bertz CT molecular complexity index is 495. The van der Waals surface area contributed by atoms with Crippen molar-refractivity contribution in [2.24, 2.45) is 11.7 Å². The van der Waals surface area contributed by atoms with Crippen molar-refractivity contribution in [3.63, 3.8) is 0 Å². The van der Waals surface area contributed by atoms with E-state index in [9.17, 15) is 4.79 Å². The van der Waals surface area contributed by atoms with Crippen LogP contribution in [0.15, 0.2) is 24.3 Å². The first kappa shape index (κ1) is 17.0. The van der Waals surface area contributed by atoms with Crippen molar-refractivity contribution in [3.8, 4) is 0 Å². The van der Waals surface area contributed by atoms with Crippen molar-refractivity contribution in [1.82, 2.24) is 9.80 Å². The van der Waals surface area contributed by atoms with E-state index in [1.54, 1.807) is 0 Å². The van der Waals surface area contributed by atoms with Gasteiger partial charge in [0, 0.05) is 32.7 Å². The van der Waals surface area contributed by atoms with E-state index < -0.39 is 0 Å². The Morgan fingerprint density at radius 3 is 2.55 bits per heavy atom. The molecule has 0 radical (unpaired) electrons. The average molecular weight is 303 g/mol. The van der Waals surface area contributed by atoms with Crippen LogP contribution >= 0.6 is 0 Å². The molecule has 1 aliphatic heterocycles. The molecule has 0 saturated carbocycles. The van der Waals surface area contributed by atoms with Gasteiger partial charge < -0.3 is 10.6 Å². The van der Waals surface area contributed by atoms with Crippen molar-refractivity contribution < 1.29 is 4.79 Å². The van der Waals surface area contributed by atoms with Crippen LogP contribution in [0.3, 0.4) is 0 Å². The van der Waals surface area contributed by atoms with Gasteiger partial charge in [-0.25, -0.2) is 0 Å². The second kappa shape index (κ2) is 7.75. The maximum Gasteiger partial charge on any atom is 0.239 e.